The Morgan fingerprint density at radius 3 is 2.41 bits per heavy atom. The summed E-state index contributed by atoms with van der Waals surface area (Å²) in [5.41, 5.74) is -0.356. The van der Waals surface area contributed by atoms with E-state index in [1.54, 1.807) is 6.92 Å². The second kappa shape index (κ2) is 7.74. The van der Waals surface area contributed by atoms with E-state index in [-0.39, 0.29) is 29.3 Å². The van der Waals surface area contributed by atoms with Gasteiger partial charge in [0.25, 0.3) is 0 Å². The smallest absolute Gasteiger partial charge is 0.303 e. The molecule has 0 heterocycles. The number of aliphatic carboxylic acids is 1. The van der Waals surface area contributed by atoms with Crippen molar-refractivity contribution in [3.63, 3.8) is 0 Å². The molecule has 0 bridgehead atoms. The predicted octanol–water partition coefficient (Wildman–Crippen LogP) is 5.29. The zero-order chi connectivity index (χ0) is 23.5. The number of ketones is 2. The summed E-state index contributed by atoms with van der Waals surface area (Å²) in [7, 11) is 0. The number of unbranched alkanes of at least 4 members (excludes halogenated alkanes) is 1. The summed E-state index contributed by atoms with van der Waals surface area (Å²) < 4.78 is 0. The summed E-state index contributed by atoms with van der Waals surface area (Å²) in [6.45, 7) is 5.94. The molecule has 3 fully saturated rings. The fraction of sp³-hybridized carbons (Fsp3) is 0.731. The summed E-state index contributed by atoms with van der Waals surface area (Å²) >= 11 is 0. The van der Waals surface area contributed by atoms with Crippen LogP contribution < -0.4 is 0 Å². The van der Waals surface area contributed by atoms with Crippen LogP contribution in [0, 0.1) is 34.0 Å². The third-order valence-electron chi connectivity index (χ3n) is 10.1. The molecular weight excluding hydrogens is 408 g/mol. The molecule has 0 aromatic rings. The molecule has 3 saturated carbocycles. The predicted molar refractivity (Wildman–Crippen MR) is 119 cm³/mol. The van der Waals surface area contributed by atoms with Gasteiger partial charge in [-0.05, 0) is 94.5 Å². The molecule has 0 spiro atoms. The lowest BCUT2D eigenvalue weighted by Gasteiger charge is -2.59. The molecule has 0 aromatic carbocycles. The summed E-state index contributed by atoms with van der Waals surface area (Å²) in [5, 5.41) is 30.1. The molecule has 0 radical (unpaired) electrons. The van der Waals surface area contributed by atoms with Crippen LogP contribution in [0.2, 0.25) is 0 Å². The van der Waals surface area contributed by atoms with E-state index in [1.807, 2.05) is 6.92 Å². The fourth-order valence-electron chi connectivity index (χ4n) is 8.37. The van der Waals surface area contributed by atoms with Crippen LogP contribution in [-0.2, 0) is 14.4 Å². The van der Waals surface area contributed by atoms with Crippen molar-refractivity contribution in [2.45, 2.75) is 85.0 Å². The van der Waals surface area contributed by atoms with Gasteiger partial charge >= 0.3 is 5.97 Å². The number of fused-ring (bicyclic) bond motifs is 5. The average molecular weight is 445 g/mol. The highest BCUT2D eigenvalue weighted by atomic mass is 16.4. The van der Waals surface area contributed by atoms with E-state index < -0.39 is 28.3 Å². The monoisotopic (exact) mass is 444 g/mol. The third kappa shape index (κ3) is 3.01. The molecule has 176 valence electrons. The summed E-state index contributed by atoms with van der Waals surface area (Å²) in [4.78, 5) is 36.1. The van der Waals surface area contributed by atoms with Crippen LogP contribution in [0.15, 0.2) is 23.2 Å². The van der Waals surface area contributed by atoms with Crippen LogP contribution >= 0.6 is 0 Å². The van der Waals surface area contributed by atoms with Crippen LogP contribution in [-0.4, -0.2) is 32.9 Å². The lowest BCUT2D eigenvalue weighted by molar-refractivity contribution is -0.142. The average Bonchev–Trinajstić information content (AvgIpc) is 3.04. The van der Waals surface area contributed by atoms with Crippen molar-refractivity contribution in [3.05, 3.63) is 23.2 Å². The van der Waals surface area contributed by atoms with Crippen LogP contribution in [0.5, 0.6) is 0 Å². The second-order valence-corrected chi connectivity index (χ2v) is 11.1. The quantitative estimate of drug-likeness (QED) is 0.480. The number of carboxylic acids is 1. The van der Waals surface area contributed by atoms with E-state index in [9.17, 15) is 24.6 Å². The molecule has 0 aromatic heterocycles. The first-order chi connectivity index (χ1) is 15.0. The first kappa shape index (κ1) is 23.1. The first-order valence-electron chi connectivity index (χ1n) is 12.1. The van der Waals surface area contributed by atoms with E-state index in [1.165, 1.54) is 6.08 Å². The number of hydrogen-bond acceptors (Lipinski definition) is 5. The Hall–Kier alpha value is -2.11. The van der Waals surface area contributed by atoms with Gasteiger partial charge in [-0.15, -0.1) is 0 Å². The molecule has 32 heavy (non-hydrogen) atoms. The van der Waals surface area contributed by atoms with Crippen molar-refractivity contribution in [2.24, 2.45) is 34.0 Å². The van der Waals surface area contributed by atoms with Gasteiger partial charge in [0.2, 0.25) is 11.5 Å². The highest BCUT2D eigenvalue weighted by Crippen LogP contribution is 2.71. The number of Topliss-reactive ketones (excluding diaryl/α,β-unsaturated/α-hetero) is 1. The van der Waals surface area contributed by atoms with Crippen molar-refractivity contribution in [2.75, 3.05) is 0 Å². The Morgan fingerprint density at radius 2 is 1.75 bits per heavy atom. The van der Waals surface area contributed by atoms with Gasteiger partial charge in [-0.25, -0.2) is 0 Å². The molecule has 6 heteroatoms. The number of allylic oxidation sites excluding steroid dienone is 2. The Balaban J connectivity index is 1.64. The normalized spacial score (nSPS) is 40.9. The minimum absolute atomic E-state index is 0.130. The Morgan fingerprint density at radius 1 is 1.06 bits per heavy atom. The van der Waals surface area contributed by atoms with Crippen molar-refractivity contribution in [1.29, 1.82) is 0 Å². The molecule has 0 unspecified atom stereocenters. The van der Waals surface area contributed by atoms with Crippen LogP contribution in [0.25, 0.3) is 0 Å². The Labute approximate surface area is 189 Å². The fourth-order valence-corrected chi connectivity index (χ4v) is 8.37. The van der Waals surface area contributed by atoms with Gasteiger partial charge in [0, 0.05) is 11.8 Å². The third-order valence-corrected chi connectivity index (χ3v) is 10.1. The molecule has 4 aliphatic rings. The first-order valence-corrected chi connectivity index (χ1v) is 12.1. The highest BCUT2D eigenvalue weighted by Gasteiger charge is 2.66. The molecule has 3 N–H and O–H groups in total. The molecule has 4 aliphatic carbocycles. The van der Waals surface area contributed by atoms with Gasteiger partial charge in [-0.1, -0.05) is 18.9 Å². The largest absolute Gasteiger partial charge is 0.507 e. The molecule has 6 nitrogen and oxygen atoms in total. The number of aliphatic hydroxyl groups is 2. The maximum Gasteiger partial charge on any atom is 0.303 e. The number of rotatable bonds is 6. The summed E-state index contributed by atoms with van der Waals surface area (Å²) in [5.74, 6) is -0.981. The topological polar surface area (TPSA) is 112 Å². The maximum atomic E-state index is 13.1. The highest BCUT2D eigenvalue weighted by molar-refractivity contribution is 6.04. The second-order valence-electron chi connectivity index (χ2n) is 11.1. The molecular formula is C26H36O6. The number of carbonyl (C=O) groups is 3. The van der Waals surface area contributed by atoms with E-state index in [2.05, 4.69) is 6.92 Å². The van der Waals surface area contributed by atoms with Gasteiger partial charge in [-0.3, -0.25) is 14.4 Å². The van der Waals surface area contributed by atoms with E-state index in [0.717, 1.165) is 56.9 Å². The van der Waals surface area contributed by atoms with Crippen LogP contribution in [0.3, 0.4) is 0 Å². The Bertz CT molecular complexity index is 915. The molecule has 0 aliphatic heterocycles. The van der Waals surface area contributed by atoms with Crippen molar-refractivity contribution in [1.82, 2.24) is 0 Å². The minimum Gasteiger partial charge on any atom is -0.507 e. The zero-order valence-corrected chi connectivity index (χ0v) is 19.4. The lowest BCUT2D eigenvalue weighted by Crippen LogP contribution is -2.54. The van der Waals surface area contributed by atoms with Crippen molar-refractivity contribution < 1.29 is 29.7 Å². The zero-order valence-electron chi connectivity index (χ0n) is 19.4. The summed E-state index contributed by atoms with van der Waals surface area (Å²) in [6.07, 6.45) is 8.88. The van der Waals surface area contributed by atoms with E-state index in [4.69, 9.17) is 5.11 Å². The SMILES string of the molecule is CC(=O)[C@@]1(CCCCC(=O)O)CC[C@H]2[C@@H]3CCC4=CC(=O)C(O)=C(O)[C@]4(C)[C@H]3CC[C@@]21C. The molecule has 6 atom stereocenters. The maximum absolute atomic E-state index is 13.1. The standard InChI is InChI=1S/C26H36O6/c1-15(27)26(11-5-4-6-21(29)30)13-10-18-17-8-7-16-14-20(28)22(31)23(32)25(16,3)19(17)9-12-24(18,26)2/h14,17-19,31-32H,4-13H2,1-3H3,(H,29,30)/t17-,18-,19-,24-,25-,26+/m0/s1. The lowest BCUT2D eigenvalue weighted by atomic mass is 9.45. The van der Waals surface area contributed by atoms with Gasteiger partial charge in [0.15, 0.2) is 0 Å². The van der Waals surface area contributed by atoms with E-state index in [0.29, 0.717) is 18.3 Å². The van der Waals surface area contributed by atoms with Crippen LogP contribution in [0.1, 0.15) is 85.0 Å². The number of carboxylic acid groups (broad SMARTS) is 1. The minimum atomic E-state index is -0.792. The number of carbonyl (C=O) groups excluding carboxylic acids is 2. The number of hydrogen-bond donors (Lipinski definition) is 3. The van der Waals surface area contributed by atoms with Gasteiger partial charge < -0.3 is 15.3 Å². The van der Waals surface area contributed by atoms with Crippen molar-refractivity contribution >= 4 is 17.5 Å². The number of aliphatic hydroxyl groups excluding tert-OH is 2. The van der Waals surface area contributed by atoms with Crippen molar-refractivity contribution in [3.8, 4) is 0 Å². The molecule has 0 saturated heterocycles. The van der Waals surface area contributed by atoms with Gasteiger partial charge in [0.1, 0.15) is 11.5 Å². The Kier molecular flexibility index (Phi) is 5.58. The summed E-state index contributed by atoms with van der Waals surface area (Å²) in [6, 6.07) is 0. The van der Waals surface area contributed by atoms with Gasteiger partial charge in [-0.2, -0.15) is 0 Å². The van der Waals surface area contributed by atoms with Crippen LogP contribution in [0.4, 0.5) is 0 Å². The van der Waals surface area contributed by atoms with E-state index >= 15 is 0 Å². The molecule has 0 amide bonds. The van der Waals surface area contributed by atoms with Gasteiger partial charge in [0.05, 0.1) is 5.41 Å². The molecule has 4 rings (SSSR count).